The third kappa shape index (κ3) is 8.48. The van der Waals surface area contributed by atoms with Crippen LogP contribution in [0.15, 0.2) is 0 Å². The number of unbranched alkanes of at least 4 members (excludes halogenated alkanes) is 3. The van der Waals surface area contributed by atoms with Crippen LogP contribution in [0, 0.1) is 22.7 Å². The van der Waals surface area contributed by atoms with Crippen LogP contribution in [0.25, 0.3) is 0 Å². The summed E-state index contributed by atoms with van der Waals surface area (Å²) in [6, 6.07) is 2.21. The summed E-state index contributed by atoms with van der Waals surface area (Å²) in [7, 11) is 0. The zero-order valence-electron chi connectivity index (χ0n) is 11.0. The van der Waals surface area contributed by atoms with E-state index in [2.05, 4.69) is 33.8 Å². The standard InChI is InChI=1S/C14H27N/c1-5-13(2)12-14(3,4)10-8-6-7-9-11-15/h13H,5-10,12H2,1-4H3. The molecule has 0 heterocycles. The molecule has 0 saturated carbocycles. The molecule has 0 bridgehead atoms. The molecule has 0 saturated heterocycles. The quantitative estimate of drug-likeness (QED) is 0.520. The highest BCUT2D eigenvalue weighted by molar-refractivity contribution is 4.72. The Bertz CT molecular complexity index is 188. The van der Waals surface area contributed by atoms with Crippen molar-refractivity contribution in [2.24, 2.45) is 11.3 Å². The highest BCUT2D eigenvalue weighted by Gasteiger charge is 2.19. The normalized spacial score (nSPS) is 13.5. The van der Waals surface area contributed by atoms with Gasteiger partial charge in [-0.2, -0.15) is 5.26 Å². The lowest BCUT2D eigenvalue weighted by molar-refractivity contribution is 0.245. The minimum atomic E-state index is 0.488. The van der Waals surface area contributed by atoms with E-state index in [0.717, 1.165) is 18.8 Å². The van der Waals surface area contributed by atoms with Crippen LogP contribution in [0.4, 0.5) is 0 Å². The molecule has 0 spiro atoms. The lowest BCUT2D eigenvalue weighted by atomic mass is 9.78. The van der Waals surface area contributed by atoms with Gasteiger partial charge in [-0.15, -0.1) is 0 Å². The second-order valence-corrected chi connectivity index (χ2v) is 5.60. The molecule has 0 rings (SSSR count). The lowest BCUT2D eigenvalue weighted by Crippen LogP contribution is -2.15. The predicted molar refractivity (Wildman–Crippen MR) is 66.6 cm³/mol. The van der Waals surface area contributed by atoms with Gasteiger partial charge in [0.05, 0.1) is 6.07 Å². The molecule has 1 atom stereocenters. The molecule has 0 aliphatic carbocycles. The molecule has 1 nitrogen and oxygen atoms in total. The van der Waals surface area contributed by atoms with E-state index in [1.807, 2.05) is 0 Å². The first-order valence-electron chi connectivity index (χ1n) is 6.39. The van der Waals surface area contributed by atoms with E-state index in [4.69, 9.17) is 5.26 Å². The summed E-state index contributed by atoms with van der Waals surface area (Å²) in [5.41, 5.74) is 0.488. The molecule has 1 heteroatoms. The molecule has 0 aliphatic rings. The number of nitriles is 1. The molecule has 88 valence electrons. The van der Waals surface area contributed by atoms with Crippen molar-refractivity contribution in [1.82, 2.24) is 0 Å². The second-order valence-electron chi connectivity index (χ2n) is 5.60. The maximum Gasteiger partial charge on any atom is 0.0621 e. The molecule has 0 aromatic carbocycles. The van der Waals surface area contributed by atoms with Crippen molar-refractivity contribution < 1.29 is 0 Å². The van der Waals surface area contributed by atoms with Crippen LogP contribution in [0.5, 0.6) is 0 Å². The van der Waals surface area contributed by atoms with Gasteiger partial charge in [0.25, 0.3) is 0 Å². The van der Waals surface area contributed by atoms with Crippen LogP contribution in [0.2, 0.25) is 0 Å². The van der Waals surface area contributed by atoms with E-state index < -0.39 is 0 Å². The average molecular weight is 209 g/mol. The van der Waals surface area contributed by atoms with E-state index in [-0.39, 0.29) is 0 Å². The van der Waals surface area contributed by atoms with Crippen molar-refractivity contribution in [3.05, 3.63) is 0 Å². The topological polar surface area (TPSA) is 23.8 Å². The average Bonchev–Trinajstić information content (AvgIpc) is 2.16. The fourth-order valence-corrected chi connectivity index (χ4v) is 2.17. The van der Waals surface area contributed by atoms with Crippen LogP contribution in [0.3, 0.4) is 0 Å². The molecule has 0 aromatic heterocycles. The van der Waals surface area contributed by atoms with E-state index in [0.29, 0.717) is 5.41 Å². The van der Waals surface area contributed by atoms with E-state index in [1.165, 1.54) is 32.1 Å². The maximum absolute atomic E-state index is 8.43. The molecule has 0 N–H and O–H groups in total. The Kier molecular flexibility index (Phi) is 7.48. The van der Waals surface area contributed by atoms with Crippen molar-refractivity contribution in [2.75, 3.05) is 0 Å². The number of hydrogen-bond donors (Lipinski definition) is 0. The first-order valence-corrected chi connectivity index (χ1v) is 6.39. The van der Waals surface area contributed by atoms with Gasteiger partial charge in [-0.25, -0.2) is 0 Å². The second kappa shape index (κ2) is 7.74. The number of hydrogen-bond acceptors (Lipinski definition) is 1. The minimum Gasteiger partial charge on any atom is -0.198 e. The number of rotatable bonds is 8. The van der Waals surface area contributed by atoms with Gasteiger partial charge in [-0.05, 0) is 30.6 Å². The largest absolute Gasteiger partial charge is 0.198 e. The lowest BCUT2D eigenvalue weighted by Gasteiger charge is -2.27. The molecule has 0 radical (unpaired) electrons. The minimum absolute atomic E-state index is 0.488. The molecule has 0 fully saturated rings. The van der Waals surface area contributed by atoms with Crippen LogP contribution < -0.4 is 0 Å². The highest BCUT2D eigenvalue weighted by Crippen LogP contribution is 2.32. The van der Waals surface area contributed by atoms with E-state index in [9.17, 15) is 0 Å². The van der Waals surface area contributed by atoms with Gasteiger partial charge in [-0.3, -0.25) is 0 Å². The summed E-state index contributed by atoms with van der Waals surface area (Å²) in [5, 5.41) is 8.43. The van der Waals surface area contributed by atoms with Crippen molar-refractivity contribution in [2.45, 2.75) is 72.6 Å². The Morgan fingerprint density at radius 2 is 1.87 bits per heavy atom. The van der Waals surface area contributed by atoms with Gasteiger partial charge in [0.1, 0.15) is 0 Å². The predicted octanol–water partition coefficient (Wildman–Crippen LogP) is 4.92. The third-order valence-electron chi connectivity index (χ3n) is 3.24. The molecule has 15 heavy (non-hydrogen) atoms. The Hall–Kier alpha value is -0.510. The summed E-state index contributed by atoms with van der Waals surface area (Å²) >= 11 is 0. The van der Waals surface area contributed by atoms with E-state index >= 15 is 0 Å². The molecule has 1 unspecified atom stereocenters. The van der Waals surface area contributed by atoms with Gasteiger partial charge in [0, 0.05) is 6.42 Å². The summed E-state index contributed by atoms with van der Waals surface area (Å²) in [6.07, 6.45) is 8.24. The van der Waals surface area contributed by atoms with Gasteiger partial charge in [0.2, 0.25) is 0 Å². The van der Waals surface area contributed by atoms with Crippen LogP contribution >= 0.6 is 0 Å². The number of nitrogens with zero attached hydrogens (tertiary/aromatic N) is 1. The Balaban J connectivity index is 3.60. The van der Waals surface area contributed by atoms with Crippen LogP contribution in [-0.4, -0.2) is 0 Å². The molecule has 0 aromatic rings. The smallest absolute Gasteiger partial charge is 0.0621 e. The van der Waals surface area contributed by atoms with Crippen molar-refractivity contribution in [1.29, 1.82) is 5.26 Å². The van der Waals surface area contributed by atoms with Gasteiger partial charge in [0.15, 0.2) is 0 Å². The van der Waals surface area contributed by atoms with E-state index in [1.54, 1.807) is 0 Å². The molecule has 0 aliphatic heterocycles. The van der Waals surface area contributed by atoms with Crippen molar-refractivity contribution in [3.8, 4) is 6.07 Å². The van der Waals surface area contributed by atoms with Gasteiger partial charge < -0.3 is 0 Å². The first kappa shape index (κ1) is 14.5. The van der Waals surface area contributed by atoms with Crippen LogP contribution in [-0.2, 0) is 0 Å². The molecular formula is C14H27N. The zero-order chi connectivity index (χ0) is 11.7. The SMILES string of the molecule is CCC(C)CC(C)(C)CCCCCC#N. The fraction of sp³-hybridized carbons (Fsp3) is 0.929. The zero-order valence-corrected chi connectivity index (χ0v) is 11.0. The van der Waals surface area contributed by atoms with Gasteiger partial charge in [-0.1, -0.05) is 47.0 Å². The van der Waals surface area contributed by atoms with Crippen molar-refractivity contribution in [3.63, 3.8) is 0 Å². The highest BCUT2D eigenvalue weighted by atomic mass is 14.3. The Labute approximate surface area is 95.9 Å². The summed E-state index contributed by atoms with van der Waals surface area (Å²) in [6.45, 7) is 9.37. The first-order chi connectivity index (χ1) is 7.02. The molecule has 0 amide bonds. The third-order valence-corrected chi connectivity index (χ3v) is 3.24. The Morgan fingerprint density at radius 3 is 2.40 bits per heavy atom. The maximum atomic E-state index is 8.43. The van der Waals surface area contributed by atoms with Crippen molar-refractivity contribution >= 4 is 0 Å². The monoisotopic (exact) mass is 209 g/mol. The fourth-order valence-electron chi connectivity index (χ4n) is 2.17. The molecular weight excluding hydrogens is 182 g/mol. The van der Waals surface area contributed by atoms with Crippen LogP contribution in [0.1, 0.15) is 72.6 Å². The Morgan fingerprint density at radius 1 is 1.20 bits per heavy atom. The summed E-state index contributed by atoms with van der Waals surface area (Å²) in [4.78, 5) is 0. The van der Waals surface area contributed by atoms with Gasteiger partial charge >= 0.3 is 0 Å². The summed E-state index contributed by atoms with van der Waals surface area (Å²) < 4.78 is 0. The summed E-state index contributed by atoms with van der Waals surface area (Å²) in [5.74, 6) is 0.846.